The molecule has 0 radical (unpaired) electrons. The molecule has 0 aliphatic heterocycles. The first-order valence-corrected chi connectivity index (χ1v) is 35.1. The van der Waals surface area contributed by atoms with E-state index in [-0.39, 0.29) is 25.7 Å². The molecular weight excluding hydrogens is 1070 g/mol. The highest BCUT2D eigenvalue weighted by atomic mass is 31.2. The SMILES string of the molecule is CCCCCCCCCCCCCC(=O)O[C@H](COC(=O)CCCCCCCCCC(C)C)COP(=O)(O)OC[C@@H](O)COP(=O)(O)OC[C@@H](COC(=O)CCCCCCCCCCC)OC(=O)CCCCCCCCCCCC. The highest BCUT2D eigenvalue weighted by Gasteiger charge is 2.30. The van der Waals surface area contributed by atoms with Crippen LogP contribution in [0.25, 0.3) is 0 Å². The van der Waals surface area contributed by atoms with E-state index in [1.54, 1.807) is 0 Å². The second-order valence-corrected chi connectivity index (χ2v) is 25.5. The number of aliphatic hydroxyl groups excluding tert-OH is 1. The van der Waals surface area contributed by atoms with Gasteiger partial charge >= 0.3 is 39.5 Å². The van der Waals surface area contributed by atoms with E-state index in [4.69, 9.17) is 37.0 Å². The lowest BCUT2D eigenvalue weighted by molar-refractivity contribution is -0.161. The van der Waals surface area contributed by atoms with Crippen molar-refractivity contribution in [2.45, 2.75) is 323 Å². The van der Waals surface area contributed by atoms with Crippen molar-refractivity contribution in [2.75, 3.05) is 39.6 Å². The summed E-state index contributed by atoms with van der Waals surface area (Å²) < 4.78 is 67.8. The maximum absolute atomic E-state index is 12.9. The van der Waals surface area contributed by atoms with Crippen LogP contribution in [0.2, 0.25) is 0 Å². The molecule has 0 rings (SSSR count). The largest absolute Gasteiger partial charge is 0.472 e. The summed E-state index contributed by atoms with van der Waals surface area (Å²) in [4.78, 5) is 72.0. The summed E-state index contributed by atoms with van der Waals surface area (Å²) in [6.45, 7) is 7.09. The van der Waals surface area contributed by atoms with Gasteiger partial charge in [-0.15, -0.1) is 0 Å². The van der Waals surface area contributed by atoms with Crippen LogP contribution >= 0.6 is 15.6 Å². The van der Waals surface area contributed by atoms with Crippen molar-refractivity contribution in [3.8, 4) is 0 Å². The van der Waals surface area contributed by atoms with Gasteiger partial charge in [0, 0.05) is 25.7 Å². The Morgan fingerprint density at radius 3 is 0.850 bits per heavy atom. The Bertz CT molecular complexity index is 1570. The van der Waals surface area contributed by atoms with Gasteiger partial charge in [0.25, 0.3) is 0 Å². The lowest BCUT2D eigenvalue weighted by Crippen LogP contribution is -2.30. The molecule has 0 bridgehead atoms. The summed E-state index contributed by atoms with van der Waals surface area (Å²) in [6, 6.07) is 0. The number of phosphoric ester groups is 2. The van der Waals surface area contributed by atoms with Crippen LogP contribution in [-0.2, 0) is 65.4 Å². The Balaban J connectivity index is 5.23. The molecule has 0 aromatic heterocycles. The molecule has 0 saturated heterocycles. The molecular formula is C61H118O17P2. The minimum absolute atomic E-state index is 0.106. The van der Waals surface area contributed by atoms with E-state index < -0.39 is 97.5 Å². The van der Waals surface area contributed by atoms with Crippen LogP contribution < -0.4 is 0 Å². The molecule has 0 spiro atoms. The third kappa shape index (κ3) is 55.3. The Morgan fingerprint density at radius 2 is 0.575 bits per heavy atom. The van der Waals surface area contributed by atoms with Gasteiger partial charge in [0.15, 0.2) is 12.2 Å². The van der Waals surface area contributed by atoms with Crippen LogP contribution in [0.4, 0.5) is 0 Å². The van der Waals surface area contributed by atoms with Crippen molar-refractivity contribution < 1.29 is 80.2 Å². The van der Waals surface area contributed by atoms with Crippen molar-refractivity contribution in [3.63, 3.8) is 0 Å². The fourth-order valence-corrected chi connectivity index (χ4v) is 10.6. The summed E-state index contributed by atoms with van der Waals surface area (Å²) in [5.74, 6) is -1.43. The van der Waals surface area contributed by atoms with Crippen molar-refractivity contribution in [1.29, 1.82) is 0 Å². The maximum Gasteiger partial charge on any atom is 0.472 e. The quantitative estimate of drug-likeness (QED) is 0.0222. The minimum atomic E-state index is -4.94. The number of hydrogen-bond acceptors (Lipinski definition) is 15. The molecule has 80 heavy (non-hydrogen) atoms. The minimum Gasteiger partial charge on any atom is -0.462 e. The number of unbranched alkanes of at least 4 members (excludes halogenated alkanes) is 33. The molecule has 0 saturated carbocycles. The highest BCUT2D eigenvalue weighted by Crippen LogP contribution is 2.45. The van der Waals surface area contributed by atoms with Crippen LogP contribution in [0, 0.1) is 5.92 Å². The molecule has 0 aliphatic rings. The van der Waals surface area contributed by atoms with Gasteiger partial charge in [-0.3, -0.25) is 37.3 Å². The number of aliphatic hydroxyl groups is 1. The van der Waals surface area contributed by atoms with E-state index in [9.17, 15) is 43.2 Å². The van der Waals surface area contributed by atoms with E-state index in [2.05, 4.69) is 34.6 Å². The van der Waals surface area contributed by atoms with E-state index >= 15 is 0 Å². The molecule has 0 heterocycles. The molecule has 0 amide bonds. The zero-order chi connectivity index (χ0) is 59.2. The van der Waals surface area contributed by atoms with E-state index in [0.717, 1.165) is 96.3 Å². The topological polar surface area (TPSA) is 237 Å². The van der Waals surface area contributed by atoms with Crippen molar-refractivity contribution >= 4 is 39.5 Å². The van der Waals surface area contributed by atoms with Crippen LogP contribution in [0.1, 0.15) is 304 Å². The standard InChI is InChI=1S/C61H118O17P2/c1-6-9-12-15-18-21-23-26-31-37-42-47-61(66)78-57(51-72-59(64)45-40-35-32-27-28-33-38-43-54(4)5)53-76-80(69,70)74-49-55(62)48-73-79(67,68)75-52-56(50-71-58(63)44-39-34-29-24-20-17-14-11-8-3)77-60(65)46-41-36-30-25-22-19-16-13-10-7-2/h54-57,62H,6-53H2,1-5H3,(H,67,68)(H,69,70)/t55-,56+,57+/m0/s1. The predicted molar refractivity (Wildman–Crippen MR) is 317 cm³/mol. The number of hydrogen-bond donors (Lipinski definition) is 3. The normalized spacial score (nSPS) is 14.3. The summed E-state index contributed by atoms with van der Waals surface area (Å²) >= 11 is 0. The maximum atomic E-state index is 12.9. The molecule has 0 aromatic carbocycles. The van der Waals surface area contributed by atoms with Gasteiger partial charge in [0.05, 0.1) is 26.4 Å². The molecule has 17 nitrogen and oxygen atoms in total. The Morgan fingerprint density at radius 1 is 0.338 bits per heavy atom. The van der Waals surface area contributed by atoms with Crippen molar-refractivity contribution in [1.82, 2.24) is 0 Å². The van der Waals surface area contributed by atoms with E-state index in [1.165, 1.54) is 122 Å². The van der Waals surface area contributed by atoms with Crippen LogP contribution in [0.3, 0.4) is 0 Å². The van der Waals surface area contributed by atoms with Crippen molar-refractivity contribution in [2.24, 2.45) is 5.92 Å². The summed E-state index contributed by atoms with van der Waals surface area (Å²) in [7, 11) is -9.88. The lowest BCUT2D eigenvalue weighted by atomic mass is 10.0. The third-order valence-electron chi connectivity index (χ3n) is 14.0. The first kappa shape index (κ1) is 78.1. The number of rotatable bonds is 61. The summed E-state index contributed by atoms with van der Waals surface area (Å²) in [5, 5.41) is 10.5. The fourth-order valence-electron chi connectivity index (χ4n) is 9.05. The number of esters is 4. The molecule has 19 heteroatoms. The smallest absolute Gasteiger partial charge is 0.462 e. The predicted octanol–water partition coefficient (Wildman–Crippen LogP) is 16.6. The van der Waals surface area contributed by atoms with E-state index in [0.29, 0.717) is 31.6 Å². The zero-order valence-corrected chi connectivity index (χ0v) is 53.0. The second-order valence-electron chi connectivity index (χ2n) is 22.6. The molecule has 0 aliphatic carbocycles. The van der Waals surface area contributed by atoms with Gasteiger partial charge in [-0.2, -0.15) is 0 Å². The highest BCUT2D eigenvalue weighted by molar-refractivity contribution is 7.47. The molecule has 2 unspecified atom stereocenters. The van der Waals surface area contributed by atoms with Crippen LogP contribution in [-0.4, -0.2) is 96.7 Å². The second kappa shape index (κ2) is 55.0. The summed E-state index contributed by atoms with van der Waals surface area (Å²) in [6.07, 6.45) is 37.5. The lowest BCUT2D eigenvalue weighted by Gasteiger charge is -2.21. The van der Waals surface area contributed by atoms with Gasteiger partial charge < -0.3 is 33.8 Å². The average Bonchev–Trinajstić information content (AvgIpc) is 3.42. The Labute approximate surface area is 486 Å². The van der Waals surface area contributed by atoms with Crippen LogP contribution in [0.5, 0.6) is 0 Å². The third-order valence-corrected chi connectivity index (χ3v) is 15.9. The molecule has 3 N–H and O–H groups in total. The Hall–Kier alpha value is -1.94. The first-order chi connectivity index (χ1) is 38.5. The summed E-state index contributed by atoms with van der Waals surface area (Å²) in [5.41, 5.74) is 0. The van der Waals surface area contributed by atoms with Crippen molar-refractivity contribution in [3.05, 3.63) is 0 Å². The first-order valence-electron chi connectivity index (χ1n) is 32.1. The Kier molecular flexibility index (Phi) is 53.6. The average molecular weight is 1190 g/mol. The number of carbonyl (C=O) groups excluding carboxylic acids is 4. The monoisotopic (exact) mass is 1180 g/mol. The van der Waals surface area contributed by atoms with E-state index in [1.807, 2.05) is 0 Å². The van der Waals surface area contributed by atoms with Gasteiger partial charge in [-0.25, -0.2) is 9.13 Å². The number of ether oxygens (including phenoxy) is 4. The van der Waals surface area contributed by atoms with Gasteiger partial charge in [0.2, 0.25) is 0 Å². The molecule has 0 aromatic rings. The number of phosphoric acid groups is 2. The number of carbonyl (C=O) groups is 4. The molecule has 474 valence electrons. The van der Waals surface area contributed by atoms with Gasteiger partial charge in [-0.1, -0.05) is 253 Å². The van der Waals surface area contributed by atoms with Crippen LogP contribution in [0.15, 0.2) is 0 Å². The van der Waals surface area contributed by atoms with Gasteiger partial charge in [0.1, 0.15) is 19.3 Å². The molecule has 5 atom stereocenters. The molecule has 0 fully saturated rings. The zero-order valence-electron chi connectivity index (χ0n) is 51.2. The fraction of sp³-hybridized carbons (Fsp3) is 0.934. The van der Waals surface area contributed by atoms with Gasteiger partial charge in [-0.05, 0) is 31.6 Å².